The van der Waals surface area contributed by atoms with Crippen molar-refractivity contribution < 1.29 is 18.8 Å². The van der Waals surface area contributed by atoms with Gasteiger partial charge in [-0.3, -0.25) is 9.89 Å². The molecule has 0 spiro atoms. The fourth-order valence-electron chi connectivity index (χ4n) is 5.75. The molecular weight excluding hydrogens is 463 g/mol. The second kappa shape index (κ2) is 8.18. The first-order valence-corrected chi connectivity index (χ1v) is 13.5. The van der Waals surface area contributed by atoms with Gasteiger partial charge in [-0.05, 0) is 101 Å². The molecule has 0 unspecified atom stereocenters. The molecule has 0 aromatic heterocycles. The number of aliphatic imine (C=N–C) groups is 1. The van der Waals surface area contributed by atoms with Gasteiger partial charge < -0.3 is 14.0 Å². The molecule has 2 aromatic carbocycles. The highest BCUT2D eigenvalue weighted by Crippen LogP contribution is 2.49. The summed E-state index contributed by atoms with van der Waals surface area (Å²) >= 11 is 0. The lowest BCUT2D eigenvalue weighted by Gasteiger charge is -2.32. The van der Waals surface area contributed by atoms with Gasteiger partial charge in [0.25, 0.3) is 0 Å². The van der Waals surface area contributed by atoms with Crippen molar-refractivity contribution >= 4 is 40.7 Å². The first-order valence-electron chi connectivity index (χ1n) is 13.5. The molecule has 1 saturated carbocycles. The molecule has 4 aliphatic rings. The average Bonchev–Trinajstić information content (AvgIpc) is 3.15. The zero-order chi connectivity index (χ0) is 26.3. The van der Waals surface area contributed by atoms with Crippen LogP contribution in [0.5, 0.6) is 0 Å². The van der Waals surface area contributed by atoms with E-state index in [4.69, 9.17) is 19.0 Å². The minimum absolute atomic E-state index is 0.0373. The highest BCUT2D eigenvalue weighted by Gasteiger charge is 2.56. The number of hydrogen-bond donors (Lipinski definition) is 0. The van der Waals surface area contributed by atoms with Gasteiger partial charge in [-0.15, -0.1) is 0 Å². The normalized spacial score (nSPS) is 27.8. The van der Waals surface area contributed by atoms with Crippen LogP contribution in [0.25, 0.3) is 16.3 Å². The Hall–Kier alpha value is -2.64. The molecular formula is C30H37BN2O4. The van der Waals surface area contributed by atoms with Gasteiger partial charge in [0.2, 0.25) is 0 Å². The summed E-state index contributed by atoms with van der Waals surface area (Å²) in [7, 11) is -0.367. The Morgan fingerprint density at radius 3 is 2.41 bits per heavy atom. The molecule has 3 heterocycles. The smallest absolute Gasteiger partial charge is 0.444 e. The van der Waals surface area contributed by atoms with E-state index in [1.54, 1.807) is 0 Å². The fourth-order valence-corrected chi connectivity index (χ4v) is 5.75. The Labute approximate surface area is 220 Å². The number of nitrogens with zero attached hydrogens (tertiary/aromatic N) is 2. The molecule has 2 saturated heterocycles. The minimum Gasteiger partial charge on any atom is -0.444 e. The van der Waals surface area contributed by atoms with E-state index < -0.39 is 5.60 Å². The Balaban J connectivity index is 1.16. The Morgan fingerprint density at radius 2 is 1.70 bits per heavy atom. The standard InChI is InChI=1S/C30H37BN2O4/c1-28(2,3)35-27(34)33-25-15-21(25)16-26(33)24-14-22(17-32-24)19-8-9-20-13-23(11-10-18(20)12-19)31-36-29(4,5)30(6,7)37-31/h8-13,17,21,25-26H,14-16H2,1-7H3/t21-,25-,26+/m1/s1. The van der Waals surface area contributed by atoms with Gasteiger partial charge in [0.05, 0.1) is 17.2 Å². The molecule has 2 aromatic rings. The number of hydrogen-bond acceptors (Lipinski definition) is 5. The molecule has 3 fully saturated rings. The van der Waals surface area contributed by atoms with E-state index in [1.165, 1.54) is 16.5 Å². The summed E-state index contributed by atoms with van der Waals surface area (Å²) in [5.74, 6) is 0.586. The van der Waals surface area contributed by atoms with Crippen molar-refractivity contribution in [3.05, 3.63) is 48.2 Å². The molecule has 0 radical (unpaired) electrons. The van der Waals surface area contributed by atoms with Crippen LogP contribution < -0.4 is 5.46 Å². The number of fused-ring (bicyclic) bond motifs is 2. The summed E-state index contributed by atoms with van der Waals surface area (Å²) in [6.07, 6.45) is 4.61. The summed E-state index contributed by atoms with van der Waals surface area (Å²) in [6.45, 7) is 14.1. The number of carbonyl (C=O) groups excluding carboxylic acids is 1. The van der Waals surface area contributed by atoms with E-state index in [0.29, 0.717) is 12.0 Å². The van der Waals surface area contributed by atoms with Gasteiger partial charge in [0, 0.05) is 24.4 Å². The Bertz CT molecular complexity index is 1320. The summed E-state index contributed by atoms with van der Waals surface area (Å²) in [5.41, 5.74) is 3.25. The number of ether oxygens (including phenoxy) is 1. The maximum absolute atomic E-state index is 13.0. The number of carbonyl (C=O) groups is 1. The number of amides is 1. The third kappa shape index (κ3) is 4.40. The van der Waals surface area contributed by atoms with Crippen molar-refractivity contribution in [2.75, 3.05) is 0 Å². The van der Waals surface area contributed by atoms with Crippen molar-refractivity contribution in [3.8, 4) is 0 Å². The summed E-state index contributed by atoms with van der Waals surface area (Å²) in [5, 5.41) is 2.33. The second-order valence-corrected chi connectivity index (χ2v) is 13.1. The summed E-state index contributed by atoms with van der Waals surface area (Å²) < 4.78 is 18.2. The first kappa shape index (κ1) is 24.7. The molecule has 0 bridgehead atoms. The lowest BCUT2D eigenvalue weighted by atomic mass is 9.78. The van der Waals surface area contributed by atoms with Gasteiger partial charge in [-0.1, -0.05) is 30.3 Å². The summed E-state index contributed by atoms with van der Waals surface area (Å²) in [4.78, 5) is 19.7. The fraction of sp³-hybridized carbons (Fsp3) is 0.533. The van der Waals surface area contributed by atoms with Crippen molar-refractivity contribution in [1.29, 1.82) is 0 Å². The average molecular weight is 500 g/mol. The van der Waals surface area contributed by atoms with Gasteiger partial charge in [0.1, 0.15) is 5.60 Å². The maximum Gasteiger partial charge on any atom is 0.494 e. The number of benzene rings is 2. The monoisotopic (exact) mass is 500 g/mol. The zero-order valence-electron chi connectivity index (χ0n) is 23.0. The molecule has 6 rings (SSSR count). The lowest BCUT2D eigenvalue weighted by molar-refractivity contribution is 0.00578. The number of rotatable bonds is 3. The summed E-state index contributed by atoms with van der Waals surface area (Å²) in [6, 6.07) is 13.3. The Kier molecular flexibility index (Phi) is 5.46. The topological polar surface area (TPSA) is 60.4 Å². The van der Waals surface area contributed by atoms with Crippen LogP contribution in [0, 0.1) is 5.92 Å². The number of allylic oxidation sites excluding steroid dienone is 1. The third-order valence-electron chi connectivity index (χ3n) is 8.61. The van der Waals surface area contributed by atoms with Crippen molar-refractivity contribution in [2.24, 2.45) is 10.9 Å². The second-order valence-electron chi connectivity index (χ2n) is 13.1. The molecule has 37 heavy (non-hydrogen) atoms. The van der Waals surface area contributed by atoms with Gasteiger partial charge in [0.15, 0.2) is 0 Å². The number of piperidine rings is 1. The van der Waals surface area contributed by atoms with E-state index >= 15 is 0 Å². The SMILES string of the molecule is CC(C)(C)OC(=O)N1[C@@H]2C[C@@H]2C[C@H]1C1=NC=C(c2ccc3cc(B4OC(C)(C)C(C)(C)O4)ccc3c2)C1. The van der Waals surface area contributed by atoms with Crippen molar-refractivity contribution in [3.63, 3.8) is 0 Å². The van der Waals surface area contributed by atoms with Crippen molar-refractivity contribution in [2.45, 2.75) is 96.6 Å². The van der Waals surface area contributed by atoms with E-state index in [9.17, 15) is 4.79 Å². The highest BCUT2D eigenvalue weighted by atomic mass is 16.7. The molecule has 7 heteroatoms. The molecule has 3 atom stereocenters. The first-order chi connectivity index (χ1) is 17.3. The van der Waals surface area contributed by atoms with Crippen LogP contribution in [0.1, 0.15) is 73.3 Å². The highest BCUT2D eigenvalue weighted by molar-refractivity contribution is 6.62. The van der Waals surface area contributed by atoms with E-state index in [0.717, 1.165) is 35.8 Å². The zero-order valence-corrected chi connectivity index (χ0v) is 23.0. The predicted octanol–water partition coefficient (Wildman–Crippen LogP) is 5.72. The predicted molar refractivity (Wildman–Crippen MR) is 148 cm³/mol. The lowest BCUT2D eigenvalue weighted by Crippen LogP contribution is -2.45. The van der Waals surface area contributed by atoms with Gasteiger partial charge in [-0.25, -0.2) is 4.79 Å². The van der Waals surface area contributed by atoms with Crippen LogP contribution in [-0.2, 0) is 14.0 Å². The largest absolute Gasteiger partial charge is 0.494 e. The maximum atomic E-state index is 13.0. The van der Waals surface area contributed by atoms with Gasteiger partial charge >= 0.3 is 13.2 Å². The van der Waals surface area contributed by atoms with Crippen LogP contribution in [0.4, 0.5) is 4.79 Å². The van der Waals surface area contributed by atoms with Crippen molar-refractivity contribution in [1.82, 2.24) is 4.90 Å². The Morgan fingerprint density at radius 1 is 1.03 bits per heavy atom. The molecule has 0 N–H and O–H groups in total. The number of likely N-dealkylation sites (tertiary alicyclic amines) is 1. The van der Waals surface area contributed by atoms with Crippen LogP contribution in [0.2, 0.25) is 0 Å². The third-order valence-corrected chi connectivity index (χ3v) is 8.61. The molecule has 6 nitrogen and oxygen atoms in total. The van der Waals surface area contributed by atoms with Gasteiger partial charge in [-0.2, -0.15) is 0 Å². The van der Waals surface area contributed by atoms with E-state index in [1.807, 2.05) is 31.9 Å². The molecule has 3 aliphatic heterocycles. The van der Waals surface area contributed by atoms with Crippen LogP contribution in [-0.4, -0.2) is 52.7 Å². The quantitative estimate of drug-likeness (QED) is 0.506. The van der Waals surface area contributed by atoms with Crippen LogP contribution in [0.3, 0.4) is 0 Å². The van der Waals surface area contributed by atoms with Crippen LogP contribution in [0.15, 0.2) is 47.6 Å². The molecule has 1 aliphatic carbocycles. The molecule has 1 amide bonds. The van der Waals surface area contributed by atoms with E-state index in [2.05, 4.69) is 64.1 Å². The van der Waals surface area contributed by atoms with E-state index in [-0.39, 0.29) is 30.5 Å². The van der Waals surface area contributed by atoms with Crippen LogP contribution >= 0.6 is 0 Å². The molecule has 194 valence electrons. The minimum atomic E-state index is -0.497.